The second-order valence-corrected chi connectivity index (χ2v) is 7.44. The number of methoxy groups -OCH3 is 2. The first-order valence-corrected chi connectivity index (χ1v) is 10.4. The number of benzene rings is 2. The Morgan fingerprint density at radius 3 is 2.40 bits per heavy atom. The molecular weight excluding hydrogens is 378 g/mol. The smallest absolute Gasteiger partial charge is 0.257 e. The number of hydrogen-bond acceptors (Lipinski definition) is 5. The van der Waals surface area contributed by atoms with Crippen LogP contribution in [0.3, 0.4) is 0 Å². The number of amides is 1. The Bertz CT molecular complexity index is 904. The van der Waals surface area contributed by atoms with Crippen molar-refractivity contribution in [3.8, 4) is 11.5 Å². The zero-order valence-corrected chi connectivity index (χ0v) is 18.5. The van der Waals surface area contributed by atoms with E-state index in [-0.39, 0.29) is 11.9 Å². The van der Waals surface area contributed by atoms with Crippen LogP contribution in [-0.2, 0) is 4.79 Å². The first-order valence-electron chi connectivity index (χ1n) is 10.4. The lowest BCUT2D eigenvalue weighted by molar-refractivity contribution is -0.134. The van der Waals surface area contributed by atoms with Crippen LogP contribution in [0.5, 0.6) is 11.5 Å². The van der Waals surface area contributed by atoms with Crippen molar-refractivity contribution in [2.24, 2.45) is 5.10 Å². The number of hydrogen-bond donors (Lipinski definition) is 0. The van der Waals surface area contributed by atoms with Gasteiger partial charge in [-0.1, -0.05) is 43.7 Å². The quantitative estimate of drug-likeness (QED) is 0.661. The summed E-state index contributed by atoms with van der Waals surface area (Å²) in [6.45, 7) is 8.16. The molecule has 2 aromatic rings. The maximum absolute atomic E-state index is 13.2. The summed E-state index contributed by atoms with van der Waals surface area (Å²) in [5.41, 5.74) is 4.07. The van der Waals surface area contributed by atoms with Crippen LogP contribution in [-0.4, -0.2) is 55.4 Å². The molecule has 0 radical (unpaired) electrons. The molecule has 160 valence electrons. The van der Waals surface area contributed by atoms with Gasteiger partial charge in [0, 0.05) is 18.1 Å². The van der Waals surface area contributed by atoms with E-state index in [1.54, 1.807) is 19.2 Å². The van der Waals surface area contributed by atoms with E-state index in [2.05, 4.69) is 49.9 Å². The van der Waals surface area contributed by atoms with Crippen molar-refractivity contribution in [3.05, 3.63) is 59.2 Å². The molecular formula is C24H31N3O3. The fourth-order valence-electron chi connectivity index (χ4n) is 3.71. The molecule has 6 heteroatoms. The minimum atomic E-state index is -0.217. The topological polar surface area (TPSA) is 54.4 Å². The second kappa shape index (κ2) is 9.76. The third kappa shape index (κ3) is 4.65. The molecule has 1 aliphatic rings. The highest BCUT2D eigenvalue weighted by molar-refractivity contribution is 6.03. The van der Waals surface area contributed by atoms with Gasteiger partial charge < -0.3 is 9.47 Å². The van der Waals surface area contributed by atoms with Gasteiger partial charge in [0.25, 0.3) is 5.91 Å². The number of nitrogens with zero attached hydrogens (tertiary/aromatic N) is 3. The molecule has 0 fully saturated rings. The zero-order chi connectivity index (χ0) is 21.7. The lowest BCUT2D eigenvalue weighted by Gasteiger charge is -2.26. The number of ether oxygens (including phenoxy) is 2. The van der Waals surface area contributed by atoms with Crippen LogP contribution >= 0.6 is 0 Å². The van der Waals surface area contributed by atoms with Crippen LogP contribution in [0.25, 0.3) is 0 Å². The Kier molecular flexibility index (Phi) is 7.11. The third-order valence-corrected chi connectivity index (χ3v) is 5.60. The number of carbonyl (C=O) groups excluding carboxylic acids is 1. The van der Waals surface area contributed by atoms with Crippen LogP contribution in [0.2, 0.25) is 0 Å². The molecule has 3 rings (SSSR count). The molecule has 0 saturated carbocycles. The van der Waals surface area contributed by atoms with Gasteiger partial charge >= 0.3 is 0 Å². The average Bonchev–Trinajstić information content (AvgIpc) is 3.22. The van der Waals surface area contributed by atoms with Crippen LogP contribution < -0.4 is 9.47 Å². The predicted octanol–water partition coefficient (Wildman–Crippen LogP) is 4.03. The fraction of sp³-hybridized carbons (Fsp3) is 0.417. The summed E-state index contributed by atoms with van der Waals surface area (Å²) in [5.74, 6) is 1.40. The number of likely N-dealkylation sites (N-methyl/N-ethyl adjacent to an activating group) is 1. The van der Waals surface area contributed by atoms with Gasteiger partial charge in [-0.15, -0.1) is 0 Å². The molecule has 0 spiro atoms. The van der Waals surface area contributed by atoms with E-state index in [0.717, 1.165) is 29.9 Å². The summed E-state index contributed by atoms with van der Waals surface area (Å²) in [6, 6.07) is 13.8. The SMILES string of the molecule is CCN(CC)CC(=O)N1N=C(c2ccc(C)cc2)CC1c1ccc(OC)cc1OC. The van der Waals surface area contributed by atoms with E-state index in [1.807, 2.05) is 18.2 Å². The van der Waals surface area contributed by atoms with Gasteiger partial charge in [0.1, 0.15) is 11.5 Å². The minimum absolute atomic E-state index is 0.0105. The Balaban J connectivity index is 1.98. The van der Waals surface area contributed by atoms with Gasteiger partial charge in [0.15, 0.2) is 0 Å². The molecule has 1 aliphatic heterocycles. The van der Waals surface area contributed by atoms with Crippen LogP contribution in [0.4, 0.5) is 0 Å². The lowest BCUT2D eigenvalue weighted by atomic mass is 9.97. The van der Waals surface area contributed by atoms with Crippen LogP contribution in [0.15, 0.2) is 47.6 Å². The van der Waals surface area contributed by atoms with Crippen molar-refractivity contribution in [2.75, 3.05) is 33.9 Å². The Hall–Kier alpha value is -2.86. The van der Waals surface area contributed by atoms with E-state index < -0.39 is 0 Å². The molecule has 6 nitrogen and oxygen atoms in total. The summed E-state index contributed by atoms with van der Waals surface area (Å²) in [4.78, 5) is 15.3. The van der Waals surface area contributed by atoms with E-state index in [1.165, 1.54) is 5.56 Å². The van der Waals surface area contributed by atoms with E-state index in [0.29, 0.717) is 24.5 Å². The maximum atomic E-state index is 13.2. The van der Waals surface area contributed by atoms with Gasteiger partial charge in [-0.3, -0.25) is 9.69 Å². The molecule has 1 unspecified atom stereocenters. The molecule has 0 N–H and O–H groups in total. The first kappa shape index (κ1) is 21.8. The monoisotopic (exact) mass is 409 g/mol. The normalized spacial score (nSPS) is 16.0. The molecule has 1 heterocycles. The predicted molar refractivity (Wildman–Crippen MR) is 119 cm³/mol. The van der Waals surface area contributed by atoms with Gasteiger partial charge in [-0.05, 0) is 37.7 Å². The summed E-state index contributed by atoms with van der Waals surface area (Å²) in [6.07, 6.45) is 0.635. The van der Waals surface area contributed by atoms with Crippen molar-refractivity contribution >= 4 is 11.6 Å². The summed E-state index contributed by atoms with van der Waals surface area (Å²) in [5, 5.41) is 6.41. The summed E-state index contributed by atoms with van der Waals surface area (Å²) in [7, 11) is 3.26. The molecule has 1 amide bonds. The molecule has 0 saturated heterocycles. The fourth-order valence-corrected chi connectivity index (χ4v) is 3.71. The minimum Gasteiger partial charge on any atom is -0.497 e. The average molecular weight is 410 g/mol. The number of hydrazone groups is 1. The molecule has 0 aromatic heterocycles. The Morgan fingerprint density at radius 1 is 1.10 bits per heavy atom. The highest BCUT2D eigenvalue weighted by Gasteiger charge is 2.35. The highest BCUT2D eigenvalue weighted by Crippen LogP contribution is 2.39. The van der Waals surface area contributed by atoms with Crippen molar-refractivity contribution in [2.45, 2.75) is 33.2 Å². The number of rotatable bonds is 8. The Morgan fingerprint density at radius 2 is 1.80 bits per heavy atom. The van der Waals surface area contributed by atoms with Crippen molar-refractivity contribution in [1.82, 2.24) is 9.91 Å². The second-order valence-electron chi connectivity index (χ2n) is 7.44. The standard InChI is InChI=1S/C24H31N3O3/c1-6-26(7-2)16-24(28)27-22(20-13-12-19(29-4)14-23(20)30-5)15-21(25-27)18-10-8-17(3)9-11-18/h8-14,22H,6-7,15-16H2,1-5H3. The van der Waals surface area contributed by atoms with Gasteiger partial charge in [0.05, 0.1) is 32.5 Å². The largest absolute Gasteiger partial charge is 0.497 e. The molecule has 2 aromatic carbocycles. The van der Waals surface area contributed by atoms with Crippen molar-refractivity contribution in [1.29, 1.82) is 0 Å². The van der Waals surface area contributed by atoms with Crippen molar-refractivity contribution in [3.63, 3.8) is 0 Å². The maximum Gasteiger partial charge on any atom is 0.257 e. The highest BCUT2D eigenvalue weighted by atomic mass is 16.5. The lowest BCUT2D eigenvalue weighted by Crippen LogP contribution is -2.38. The Labute approximate surface area is 179 Å². The van der Waals surface area contributed by atoms with E-state index >= 15 is 0 Å². The van der Waals surface area contributed by atoms with Crippen LogP contribution in [0.1, 0.15) is 43.0 Å². The van der Waals surface area contributed by atoms with Gasteiger partial charge in [-0.2, -0.15) is 5.10 Å². The number of aryl methyl sites for hydroxylation is 1. The van der Waals surface area contributed by atoms with Gasteiger partial charge in [-0.25, -0.2) is 5.01 Å². The molecule has 30 heavy (non-hydrogen) atoms. The molecule has 0 bridgehead atoms. The van der Waals surface area contributed by atoms with Crippen LogP contribution in [0, 0.1) is 6.92 Å². The molecule has 1 atom stereocenters. The van der Waals surface area contributed by atoms with E-state index in [9.17, 15) is 4.79 Å². The third-order valence-electron chi connectivity index (χ3n) is 5.60. The van der Waals surface area contributed by atoms with E-state index in [4.69, 9.17) is 14.6 Å². The summed E-state index contributed by atoms with van der Waals surface area (Å²) >= 11 is 0. The molecule has 0 aliphatic carbocycles. The first-order chi connectivity index (χ1) is 14.5. The zero-order valence-electron chi connectivity index (χ0n) is 18.5. The number of carbonyl (C=O) groups is 1. The summed E-state index contributed by atoms with van der Waals surface area (Å²) < 4.78 is 11.0. The van der Waals surface area contributed by atoms with Crippen molar-refractivity contribution < 1.29 is 14.3 Å². The van der Waals surface area contributed by atoms with Gasteiger partial charge in [0.2, 0.25) is 0 Å².